The summed E-state index contributed by atoms with van der Waals surface area (Å²) in [5.74, 6) is -0.637. The van der Waals surface area contributed by atoms with Gasteiger partial charge in [0.25, 0.3) is 0 Å². The lowest BCUT2D eigenvalue weighted by Crippen LogP contribution is -2.38. The summed E-state index contributed by atoms with van der Waals surface area (Å²) in [5.41, 5.74) is 0.322. The summed E-state index contributed by atoms with van der Waals surface area (Å²) < 4.78 is 18.9. The zero-order valence-electron chi connectivity index (χ0n) is 11.5. The van der Waals surface area contributed by atoms with E-state index < -0.39 is 23.7 Å². The van der Waals surface area contributed by atoms with Gasteiger partial charge in [-0.2, -0.15) is 0 Å². The molecule has 0 aliphatic rings. The van der Waals surface area contributed by atoms with E-state index >= 15 is 0 Å². The molecule has 0 aliphatic heterocycles. The van der Waals surface area contributed by atoms with E-state index in [-0.39, 0.29) is 5.75 Å². The first-order valence-electron chi connectivity index (χ1n) is 6.21. The van der Waals surface area contributed by atoms with Crippen molar-refractivity contribution in [3.8, 4) is 5.75 Å². The Balaban J connectivity index is 2.83. The van der Waals surface area contributed by atoms with Crippen LogP contribution in [0.3, 0.4) is 0 Å². The highest BCUT2D eigenvalue weighted by Gasteiger charge is 2.22. The zero-order chi connectivity index (χ0) is 14.5. The Labute approximate surface area is 112 Å². The lowest BCUT2D eigenvalue weighted by atomic mass is 9.84. The summed E-state index contributed by atoms with van der Waals surface area (Å²) >= 11 is 0. The summed E-state index contributed by atoms with van der Waals surface area (Å²) in [6, 6.07) is 4.78. The van der Waals surface area contributed by atoms with Crippen molar-refractivity contribution in [1.29, 1.82) is 0 Å². The van der Waals surface area contributed by atoms with Gasteiger partial charge >= 0.3 is 0 Å². The lowest BCUT2D eigenvalue weighted by Gasteiger charge is -2.26. The lowest BCUT2D eigenvalue weighted by molar-refractivity contribution is -0.124. The van der Waals surface area contributed by atoms with Crippen LogP contribution in [0.15, 0.2) is 18.2 Å². The predicted molar refractivity (Wildman–Crippen MR) is 70.7 cm³/mol. The zero-order valence-corrected chi connectivity index (χ0v) is 11.5. The number of hydrogen-bond acceptors (Lipinski definition) is 3. The van der Waals surface area contributed by atoms with Gasteiger partial charge in [-0.25, -0.2) is 4.39 Å². The van der Waals surface area contributed by atoms with Crippen LogP contribution in [-0.2, 0) is 10.2 Å². The number of nitrogens with one attached hydrogen (secondary N) is 1. The highest BCUT2D eigenvalue weighted by atomic mass is 19.1. The molecule has 1 aromatic carbocycles. The largest absolute Gasteiger partial charge is 0.491 e. The van der Waals surface area contributed by atoms with Crippen LogP contribution >= 0.6 is 0 Å². The predicted octanol–water partition coefficient (Wildman–Crippen LogP) is 1.61. The number of aliphatic hydroxyl groups is 1. The summed E-state index contributed by atoms with van der Waals surface area (Å²) in [6.07, 6.45) is 0. The van der Waals surface area contributed by atoms with E-state index in [9.17, 15) is 9.18 Å². The number of carbonyl (C=O) groups is 1. The minimum absolute atomic E-state index is 0.224. The fourth-order valence-electron chi connectivity index (χ4n) is 1.67. The fourth-order valence-corrected chi connectivity index (χ4v) is 1.67. The van der Waals surface area contributed by atoms with Crippen LogP contribution < -0.4 is 10.1 Å². The molecule has 0 saturated heterocycles. The molecule has 0 fully saturated rings. The third kappa shape index (κ3) is 4.21. The topological polar surface area (TPSA) is 58.6 Å². The van der Waals surface area contributed by atoms with E-state index in [0.717, 1.165) is 5.56 Å². The van der Waals surface area contributed by atoms with Gasteiger partial charge in [-0.05, 0) is 24.6 Å². The molecule has 2 N–H and O–H groups in total. The van der Waals surface area contributed by atoms with E-state index in [1.54, 1.807) is 19.1 Å². The van der Waals surface area contributed by atoms with Crippen molar-refractivity contribution in [2.24, 2.45) is 0 Å². The van der Waals surface area contributed by atoms with Crippen LogP contribution in [-0.4, -0.2) is 30.8 Å². The second-order valence-electron chi connectivity index (χ2n) is 4.90. The van der Waals surface area contributed by atoms with E-state index in [1.807, 2.05) is 13.8 Å². The van der Waals surface area contributed by atoms with Crippen LogP contribution in [0.1, 0.15) is 26.3 Å². The minimum atomic E-state index is -0.548. The number of hydrogen-bond donors (Lipinski definition) is 2. The van der Waals surface area contributed by atoms with Crippen LogP contribution in [0.4, 0.5) is 4.39 Å². The number of halogens is 1. The molecular weight excluding hydrogens is 249 g/mol. The van der Waals surface area contributed by atoms with Crippen molar-refractivity contribution in [2.75, 3.05) is 19.8 Å². The van der Waals surface area contributed by atoms with Gasteiger partial charge < -0.3 is 15.2 Å². The average Bonchev–Trinajstić information content (AvgIpc) is 2.38. The molecule has 0 heterocycles. The molecule has 0 aliphatic carbocycles. The van der Waals surface area contributed by atoms with Crippen LogP contribution in [0.25, 0.3) is 0 Å². The van der Waals surface area contributed by atoms with Crippen molar-refractivity contribution in [3.63, 3.8) is 0 Å². The van der Waals surface area contributed by atoms with Crippen LogP contribution in [0, 0.1) is 5.82 Å². The number of carbonyl (C=O) groups excluding carboxylic acids is 1. The number of benzene rings is 1. The Morgan fingerprint density at radius 3 is 2.68 bits per heavy atom. The maximum atomic E-state index is 13.8. The second kappa shape index (κ2) is 6.52. The minimum Gasteiger partial charge on any atom is -0.491 e. The number of ether oxygens (including phenoxy) is 1. The smallest absolute Gasteiger partial charge is 0.245 e. The first-order valence-corrected chi connectivity index (χ1v) is 6.21. The standard InChI is InChI=1S/C14H20FNO3/c1-4-19-12-6-5-10(7-11(12)15)14(2,3)9-16-13(18)8-17/h5-7,17H,4,8-9H2,1-3H3,(H,16,18). The maximum absolute atomic E-state index is 13.8. The first-order chi connectivity index (χ1) is 8.90. The van der Waals surface area contributed by atoms with Gasteiger partial charge in [0.05, 0.1) is 6.61 Å². The number of amides is 1. The number of aliphatic hydroxyl groups excluding tert-OH is 1. The van der Waals surface area contributed by atoms with E-state index in [2.05, 4.69) is 5.32 Å². The van der Waals surface area contributed by atoms with Gasteiger partial charge in [0.2, 0.25) is 5.91 Å². The summed E-state index contributed by atoms with van der Waals surface area (Å²) in [7, 11) is 0. The Bertz CT molecular complexity index is 446. The molecular formula is C14H20FNO3. The van der Waals surface area contributed by atoms with E-state index in [4.69, 9.17) is 9.84 Å². The fraction of sp³-hybridized carbons (Fsp3) is 0.500. The Morgan fingerprint density at radius 1 is 1.47 bits per heavy atom. The molecule has 1 rings (SSSR count). The molecule has 1 aromatic rings. The molecule has 19 heavy (non-hydrogen) atoms. The summed E-state index contributed by atoms with van der Waals surface area (Å²) in [6.45, 7) is 5.75. The quantitative estimate of drug-likeness (QED) is 0.825. The summed E-state index contributed by atoms with van der Waals surface area (Å²) in [4.78, 5) is 11.0. The van der Waals surface area contributed by atoms with Gasteiger partial charge in [0.15, 0.2) is 11.6 Å². The third-order valence-electron chi connectivity index (χ3n) is 2.88. The van der Waals surface area contributed by atoms with Gasteiger partial charge in [-0.15, -0.1) is 0 Å². The van der Waals surface area contributed by atoms with Crippen molar-refractivity contribution < 1.29 is 19.0 Å². The van der Waals surface area contributed by atoms with Gasteiger partial charge in [0, 0.05) is 12.0 Å². The monoisotopic (exact) mass is 269 g/mol. The van der Waals surface area contributed by atoms with Crippen LogP contribution in [0.5, 0.6) is 5.75 Å². The molecule has 0 aromatic heterocycles. The molecule has 0 saturated carbocycles. The van der Waals surface area contributed by atoms with Crippen molar-refractivity contribution in [3.05, 3.63) is 29.6 Å². The Morgan fingerprint density at radius 2 is 2.16 bits per heavy atom. The highest BCUT2D eigenvalue weighted by molar-refractivity contribution is 5.76. The normalized spacial score (nSPS) is 11.2. The molecule has 0 radical (unpaired) electrons. The first kappa shape index (κ1) is 15.4. The molecule has 0 bridgehead atoms. The highest BCUT2D eigenvalue weighted by Crippen LogP contribution is 2.27. The van der Waals surface area contributed by atoms with Crippen molar-refractivity contribution in [2.45, 2.75) is 26.2 Å². The molecule has 0 spiro atoms. The van der Waals surface area contributed by atoms with Gasteiger partial charge in [-0.1, -0.05) is 19.9 Å². The molecule has 106 valence electrons. The van der Waals surface area contributed by atoms with E-state index in [0.29, 0.717) is 13.2 Å². The Kier molecular flexibility index (Phi) is 5.30. The van der Waals surface area contributed by atoms with E-state index in [1.165, 1.54) is 6.07 Å². The number of rotatable bonds is 6. The molecule has 5 heteroatoms. The maximum Gasteiger partial charge on any atom is 0.245 e. The summed E-state index contributed by atoms with van der Waals surface area (Å²) in [5, 5.41) is 11.2. The van der Waals surface area contributed by atoms with Crippen LogP contribution in [0.2, 0.25) is 0 Å². The molecule has 0 atom stereocenters. The second-order valence-corrected chi connectivity index (χ2v) is 4.90. The Hall–Kier alpha value is -1.62. The average molecular weight is 269 g/mol. The molecule has 1 amide bonds. The SMILES string of the molecule is CCOc1ccc(C(C)(C)CNC(=O)CO)cc1F. The molecule has 4 nitrogen and oxygen atoms in total. The van der Waals surface area contributed by atoms with Gasteiger partial charge in [0.1, 0.15) is 6.61 Å². The van der Waals surface area contributed by atoms with Gasteiger partial charge in [-0.3, -0.25) is 4.79 Å². The van der Waals surface area contributed by atoms with Crippen molar-refractivity contribution in [1.82, 2.24) is 5.32 Å². The molecule has 0 unspecified atom stereocenters. The van der Waals surface area contributed by atoms with Crippen molar-refractivity contribution >= 4 is 5.91 Å². The third-order valence-corrected chi connectivity index (χ3v) is 2.88.